The maximum absolute atomic E-state index is 11.6. The normalized spacial score (nSPS) is 18.3. The molecule has 1 aromatic carbocycles. The van der Waals surface area contributed by atoms with E-state index in [1.54, 1.807) is 6.92 Å². The third-order valence-corrected chi connectivity index (χ3v) is 5.62. The fourth-order valence-corrected chi connectivity index (χ4v) is 4.05. The highest BCUT2D eigenvalue weighted by Gasteiger charge is 2.35. The Morgan fingerprint density at radius 2 is 2.05 bits per heavy atom. The standard InChI is InChI=1S/C16H22ClNO2S/c1-3-21-16(2,15(19)20)12-7-8-14(13(17)11-12)18-9-5-4-6-10-18/h7-8,11H,3-6,9-10H2,1-2H3,(H,19,20). The number of carboxylic acid groups (broad SMARTS) is 1. The quantitative estimate of drug-likeness (QED) is 0.871. The van der Waals surface area contributed by atoms with Crippen molar-refractivity contribution in [3.05, 3.63) is 28.8 Å². The van der Waals surface area contributed by atoms with Crippen LogP contribution in [0.25, 0.3) is 0 Å². The monoisotopic (exact) mass is 327 g/mol. The Morgan fingerprint density at radius 1 is 1.38 bits per heavy atom. The van der Waals surface area contributed by atoms with Crippen LogP contribution in [-0.4, -0.2) is 29.9 Å². The van der Waals surface area contributed by atoms with Crippen LogP contribution in [0.4, 0.5) is 5.69 Å². The van der Waals surface area contributed by atoms with E-state index in [4.69, 9.17) is 11.6 Å². The zero-order chi connectivity index (χ0) is 15.5. The molecule has 0 radical (unpaired) electrons. The van der Waals surface area contributed by atoms with E-state index < -0.39 is 10.7 Å². The molecule has 1 unspecified atom stereocenters. The molecule has 1 N–H and O–H groups in total. The summed E-state index contributed by atoms with van der Waals surface area (Å²) in [5, 5.41) is 10.2. The number of thioether (sulfide) groups is 1. The molecule has 0 aliphatic carbocycles. The number of anilines is 1. The summed E-state index contributed by atoms with van der Waals surface area (Å²) < 4.78 is -0.946. The van der Waals surface area contributed by atoms with E-state index in [1.807, 2.05) is 25.1 Å². The van der Waals surface area contributed by atoms with Gasteiger partial charge in [0.2, 0.25) is 0 Å². The zero-order valence-electron chi connectivity index (χ0n) is 12.6. The third kappa shape index (κ3) is 3.49. The van der Waals surface area contributed by atoms with Crippen molar-refractivity contribution < 1.29 is 9.90 Å². The van der Waals surface area contributed by atoms with Crippen LogP contribution in [-0.2, 0) is 9.54 Å². The Balaban J connectivity index is 2.31. The summed E-state index contributed by atoms with van der Waals surface area (Å²) in [4.78, 5) is 13.9. The lowest BCUT2D eigenvalue weighted by molar-refractivity contribution is -0.139. The predicted octanol–water partition coefficient (Wildman–Crippen LogP) is 4.38. The lowest BCUT2D eigenvalue weighted by Crippen LogP contribution is -2.31. The molecule has 1 heterocycles. The minimum atomic E-state index is -0.946. The van der Waals surface area contributed by atoms with Crippen LogP contribution in [0.15, 0.2) is 18.2 Å². The molecule has 0 aromatic heterocycles. The Morgan fingerprint density at radius 3 is 2.57 bits per heavy atom. The molecule has 116 valence electrons. The molecule has 0 bridgehead atoms. The van der Waals surface area contributed by atoms with Crippen LogP contribution in [0, 0.1) is 0 Å². The molecule has 1 aliphatic heterocycles. The predicted molar refractivity (Wildman–Crippen MR) is 90.6 cm³/mol. The number of carboxylic acids is 1. The van der Waals surface area contributed by atoms with Crippen LogP contribution in [0.1, 0.15) is 38.7 Å². The smallest absolute Gasteiger partial charge is 0.324 e. The van der Waals surface area contributed by atoms with Gasteiger partial charge in [-0.3, -0.25) is 4.79 Å². The van der Waals surface area contributed by atoms with Gasteiger partial charge in [-0.25, -0.2) is 0 Å². The number of aliphatic carboxylic acids is 1. The van der Waals surface area contributed by atoms with Gasteiger partial charge in [0.1, 0.15) is 4.75 Å². The van der Waals surface area contributed by atoms with E-state index in [0.29, 0.717) is 5.02 Å². The van der Waals surface area contributed by atoms with Crippen molar-refractivity contribution in [3.8, 4) is 0 Å². The lowest BCUT2D eigenvalue weighted by Gasteiger charge is -2.31. The first-order chi connectivity index (χ1) is 9.99. The number of hydrogen-bond donors (Lipinski definition) is 1. The summed E-state index contributed by atoms with van der Waals surface area (Å²) in [5.41, 5.74) is 1.78. The fraction of sp³-hybridized carbons (Fsp3) is 0.562. The number of carbonyl (C=O) groups is 1. The van der Waals surface area contributed by atoms with Gasteiger partial charge in [-0.1, -0.05) is 24.6 Å². The minimum absolute atomic E-state index is 0.651. The summed E-state index contributed by atoms with van der Waals surface area (Å²) >= 11 is 7.85. The Kier molecular flexibility index (Phi) is 5.44. The number of nitrogens with zero attached hydrogens (tertiary/aromatic N) is 1. The van der Waals surface area contributed by atoms with Crippen LogP contribution in [0.3, 0.4) is 0 Å². The average molecular weight is 328 g/mol. The van der Waals surface area contributed by atoms with Gasteiger partial charge in [0, 0.05) is 13.1 Å². The molecule has 5 heteroatoms. The second-order valence-electron chi connectivity index (χ2n) is 5.49. The molecule has 3 nitrogen and oxygen atoms in total. The number of benzene rings is 1. The second-order valence-corrected chi connectivity index (χ2v) is 7.58. The lowest BCUT2D eigenvalue weighted by atomic mass is 9.99. The van der Waals surface area contributed by atoms with E-state index in [2.05, 4.69) is 4.90 Å². The Hall–Kier alpha value is -0.870. The highest BCUT2D eigenvalue weighted by atomic mass is 35.5. The van der Waals surface area contributed by atoms with E-state index in [0.717, 1.165) is 30.1 Å². The number of hydrogen-bond acceptors (Lipinski definition) is 3. The summed E-state index contributed by atoms with van der Waals surface area (Å²) in [6, 6.07) is 5.70. The van der Waals surface area contributed by atoms with Gasteiger partial charge in [0.25, 0.3) is 0 Å². The molecule has 1 fully saturated rings. The fourth-order valence-electron chi connectivity index (χ4n) is 2.75. The summed E-state index contributed by atoms with van der Waals surface area (Å²) in [7, 11) is 0. The third-order valence-electron chi connectivity index (χ3n) is 4.04. The first kappa shape index (κ1) is 16.5. The molecule has 1 saturated heterocycles. The van der Waals surface area contributed by atoms with Crippen LogP contribution in [0.5, 0.6) is 0 Å². The number of halogens is 1. The summed E-state index contributed by atoms with van der Waals surface area (Å²) in [5.74, 6) is -0.0787. The van der Waals surface area contributed by atoms with E-state index in [1.165, 1.54) is 31.0 Å². The van der Waals surface area contributed by atoms with E-state index in [9.17, 15) is 9.90 Å². The molecule has 21 heavy (non-hydrogen) atoms. The highest BCUT2D eigenvalue weighted by Crippen LogP contribution is 2.39. The van der Waals surface area contributed by atoms with Crippen molar-refractivity contribution in [3.63, 3.8) is 0 Å². The summed E-state index contributed by atoms with van der Waals surface area (Å²) in [6.45, 7) is 5.77. The molecule has 0 spiro atoms. The first-order valence-corrected chi connectivity index (χ1v) is 8.77. The van der Waals surface area contributed by atoms with Gasteiger partial charge in [-0.2, -0.15) is 0 Å². The zero-order valence-corrected chi connectivity index (χ0v) is 14.1. The van der Waals surface area contributed by atoms with Crippen LogP contribution >= 0.6 is 23.4 Å². The average Bonchev–Trinajstić information content (AvgIpc) is 2.48. The molecule has 1 atom stereocenters. The second kappa shape index (κ2) is 6.93. The highest BCUT2D eigenvalue weighted by molar-refractivity contribution is 8.00. The van der Waals surface area contributed by atoms with Crippen molar-refractivity contribution in [1.82, 2.24) is 0 Å². The molecular formula is C16H22ClNO2S. The molecule has 2 rings (SSSR count). The van der Waals surface area contributed by atoms with Crippen LogP contribution < -0.4 is 4.90 Å². The van der Waals surface area contributed by atoms with Gasteiger partial charge in [-0.15, -0.1) is 11.8 Å². The largest absolute Gasteiger partial charge is 0.480 e. The maximum atomic E-state index is 11.6. The number of rotatable bonds is 5. The molecule has 0 saturated carbocycles. The SMILES string of the molecule is CCSC(C)(C(=O)O)c1ccc(N2CCCCC2)c(Cl)c1. The van der Waals surface area contributed by atoms with Crippen LogP contribution in [0.2, 0.25) is 5.02 Å². The van der Waals surface area contributed by atoms with Gasteiger partial charge in [0.15, 0.2) is 0 Å². The molecule has 1 aromatic rings. The summed E-state index contributed by atoms with van der Waals surface area (Å²) in [6.07, 6.45) is 3.66. The minimum Gasteiger partial charge on any atom is -0.480 e. The van der Waals surface area contributed by atoms with Crippen molar-refractivity contribution in [2.45, 2.75) is 37.9 Å². The molecule has 0 amide bonds. The van der Waals surface area contributed by atoms with E-state index >= 15 is 0 Å². The Labute approximate surface area is 135 Å². The van der Waals surface area contributed by atoms with Crippen molar-refractivity contribution in [2.24, 2.45) is 0 Å². The molecule has 1 aliphatic rings. The van der Waals surface area contributed by atoms with Crippen molar-refractivity contribution in [1.29, 1.82) is 0 Å². The molecular weight excluding hydrogens is 306 g/mol. The van der Waals surface area contributed by atoms with Gasteiger partial charge in [0.05, 0.1) is 10.7 Å². The van der Waals surface area contributed by atoms with Gasteiger partial charge < -0.3 is 10.0 Å². The van der Waals surface area contributed by atoms with Gasteiger partial charge in [-0.05, 0) is 49.6 Å². The van der Waals surface area contributed by atoms with Crippen molar-refractivity contribution >= 4 is 35.0 Å². The Bertz CT molecular complexity index is 517. The van der Waals surface area contributed by atoms with Gasteiger partial charge >= 0.3 is 5.97 Å². The van der Waals surface area contributed by atoms with Crippen molar-refractivity contribution in [2.75, 3.05) is 23.7 Å². The topological polar surface area (TPSA) is 40.5 Å². The first-order valence-electron chi connectivity index (χ1n) is 7.41. The van der Waals surface area contributed by atoms with E-state index in [-0.39, 0.29) is 0 Å². The number of piperidine rings is 1. The maximum Gasteiger partial charge on any atom is 0.324 e.